The van der Waals surface area contributed by atoms with Gasteiger partial charge >= 0.3 is 0 Å². The van der Waals surface area contributed by atoms with Crippen molar-refractivity contribution in [1.82, 2.24) is 20.3 Å². The molecule has 1 aromatic heterocycles. The highest BCUT2D eigenvalue weighted by Gasteiger charge is 2.28. The normalized spacial score (nSPS) is 27.5. The molecule has 0 aromatic carbocycles. The van der Waals surface area contributed by atoms with Crippen LogP contribution in [0.25, 0.3) is 0 Å². The summed E-state index contributed by atoms with van der Waals surface area (Å²) in [6, 6.07) is 0. The standard InChI is InChI=1S/C19H28N4O/c24-19(17-6-1-2-7-17)20-11-14-4-3-5-15(10-14)12-23-13-18(21-22-23)16-8-9-16/h1-2,13-17H,3-12H2,(H,20,24)/t14-,15+/m1/s1. The third kappa shape index (κ3) is 3.87. The number of rotatable bonds is 6. The minimum absolute atomic E-state index is 0.181. The number of nitrogens with zero attached hydrogens (tertiary/aromatic N) is 3. The van der Waals surface area contributed by atoms with Crippen LogP contribution in [0, 0.1) is 17.8 Å². The zero-order chi connectivity index (χ0) is 16.4. The summed E-state index contributed by atoms with van der Waals surface area (Å²) in [6.07, 6.45) is 15.7. The molecule has 0 radical (unpaired) electrons. The molecule has 1 N–H and O–H groups in total. The van der Waals surface area contributed by atoms with E-state index < -0.39 is 0 Å². The number of nitrogens with one attached hydrogen (secondary N) is 1. The fourth-order valence-corrected chi connectivity index (χ4v) is 4.21. The third-order valence-corrected chi connectivity index (χ3v) is 5.83. The second kappa shape index (κ2) is 7.08. The lowest BCUT2D eigenvalue weighted by molar-refractivity contribution is -0.124. The number of hydrogen-bond acceptors (Lipinski definition) is 3. The molecule has 2 saturated carbocycles. The van der Waals surface area contributed by atoms with Crippen LogP contribution < -0.4 is 5.32 Å². The number of carbonyl (C=O) groups is 1. The van der Waals surface area contributed by atoms with Crippen LogP contribution in [0.15, 0.2) is 18.3 Å². The second-order valence-electron chi connectivity index (χ2n) is 7.92. The lowest BCUT2D eigenvalue weighted by atomic mass is 9.81. The van der Waals surface area contributed by atoms with Gasteiger partial charge in [0.15, 0.2) is 0 Å². The average Bonchev–Trinajstić information content (AvgIpc) is 3.10. The molecule has 24 heavy (non-hydrogen) atoms. The molecule has 1 amide bonds. The van der Waals surface area contributed by atoms with Crippen LogP contribution in [0.1, 0.15) is 63.0 Å². The fourth-order valence-electron chi connectivity index (χ4n) is 4.21. The van der Waals surface area contributed by atoms with Crippen LogP contribution in [0.3, 0.4) is 0 Å². The third-order valence-electron chi connectivity index (χ3n) is 5.83. The summed E-state index contributed by atoms with van der Waals surface area (Å²) >= 11 is 0. The van der Waals surface area contributed by atoms with Gasteiger partial charge < -0.3 is 5.32 Å². The fraction of sp³-hybridized carbons (Fsp3) is 0.737. The predicted octanol–water partition coefficient (Wildman–Crippen LogP) is 3.04. The number of carbonyl (C=O) groups excluding carboxylic acids is 1. The van der Waals surface area contributed by atoms with E-state index >= 15 is 0 Å². The molecule has 3 aliphatic carbocycles. The van der Waals surface area contributed by atoms with Gasteiger partial charge in [0.2, 0.25) is 5.91 Å². The van der Waals surface area contributed by atoms with Crippen molar-refractivity contribution in [2.24, 2.45) is 17.8 Å². The Bertz CT molecular complexity index is 596. The molecule has 0 saturated heterocycles. The van der Waals surface area contributed by atoms with Crippen molar-refractivity contribution in [1.29, 1.82) is 0 Å². The van der Waals surface area contributed by atoms with Crippen molar-refractivity contribution in [3.8, 4) is 0 Å². The highest BCUT2D eigenvalue weighted by atomic mass is 16.1. The van der Waals surface area contributed by atoms with Gasteiger partial charge in [0, 0.05) is 31.1 Å². The lowest BCUT2D eigenvalue weighted by Gasteiger charge is -2.29. The van der Waals surface area contributed by atoms with Crippen molar-refractivity contribution in [2.75, 3.05) is 6.54 Å². The van der Waals surface area contributed by atoms with E-state index in [2.05, 4.69) is 34.0 Å². The van der Waals surface area contributed by atoms with Gasteiger partial charge in [-0.3, -0.25) is 9.48 Å². The van der Waals surface area contributed by atoms with Crippen molar-refractivity contribution in [2.45, 2.75) is 63.8 Å². The first-order valence-electron chi connectivity index (χ1n) is 9.60. The van der Waals surface area contributed by atoms with E-state index in [0.29, 0.717) is 17.8 Å². The van der Waals surface area contributed by atoms with E-state index in [-0.39, 0.29) is 11.8 Å². The molecule has 2 atom stereocenters. The Labute approximate surface area is 143 Å². The molecule has 1 aromatic rings. The largest absolute Gasteiger partial charge is 0.356 e. The molecular formula is C19H28N4O. The van der Waals surface area contributed by atoms with E-state index in [9.17, 15) is 4.79 Å². The molecule has 0 bridgehead atoms. The molecule has 2 fully saturated rings. The monoisotopic (exact) mass is 328 g/mol. The highest BCUT2D eigenvalue weighted by Crippen LogP contribution is 2.38. The smallest absolute Gasteiger partial charge is 0.223 e. The van der Waals surface area contributed by atoms with E-state index in [1.807, 2.05) is 4.68 Å². The van der Waals surface area contributed by atoms with Gasteiger partial charge in [-0.1, -0.05) is 23.8 Å². The minimum atomic E-state index is 0.181. The second-order valence-corrected chi connectivity index (χ2v) is 7.92. The highest BCUT2D eigenvalue weighted by molar-refractivity contribution is 5.79. The zero-order valence-electron chi connectivity index (χ0n) is 14.4. The van der Waals surface area contributed by atoms with Gasteiger partial charge in [0.05, 0.1) is 5.69 Å². The zero-order valence-corrected chi connectivity index (χ0v) is 14.4. The summed E-state index contributed by atoms with van der Waals surface area (Å²) in [5.41, 5.74) is 1.18. The van der Waals surface area contributed by atoms with Crippen LogP contribution in [-0.2, 0) is 11.3 Å². The number of amides is 1. The molecular weight excluding hydrogens is 300 g/mol. The van der Waals surface area contributed by atoms with Gasteiger partial charge in [0.25, 0.3) is 0 Å². The maximum Gasteiger partial charge on any atom is 0.223 e. The number of hydrogen-bond donors (Lipinski definition) is 1. The summed E-state index contributed by atoms with van der Waals surface area (Å²) < 4.78 is 2.05. The van der Waals surface area contributed by atoms with Crippen molar-refractivity contribution in [3.63, 3.8) is 0 Å². The summed E-state index contributed by atoms with van der Waals surface area (Å²) in [6.45, 7) is 1.83. The van der Waals surface area contributed by atoms with Gasteiger partial charge in [-0.15, -0.1) is 5.10 Å². The van der Waals surface area contributed by atoms with E-state index in [1.165, 1.54) is 44.2 Å². The number of allylic oxidation sites excluding steroid dienone is 2. The van der Waals surface area contributed by atoms with Crippen LogP contribution in [-0.4, -0.2) is 27.4 Å². The maximum absolute atomic E-state index is 12.2. The van der Waals surface area contributed by atoms with E-state index in [0.717, 1.165) is 25.9 Å². The molecule has 0 unspecified atom stereocenters. The predicted molar refractivity (Wildman–Crippen MR) is 92.3 cm³/mol. The van der Waals surface area contributed by atoms with Gasteiger partial charge in [-0.25, -0.2) is 0 Å². The first-order chi connectivity index (χ1) is 11.8. The van der Waals surface area contributed by atoms with Crippen molar-refractivity contribution < 1.29 is 4.79 Å². The quantitative estimate of drug-likeness (QED) is 0.817. The molecule has 1 heterocycles. The van der Waals surface area contributed by atoms with Crippen LogP contribution in [0.5, 0.6) is 0 Å². The SMILES string of the molecule is O=C(NC[C@@H]1CCC[C@H](Cn2cc(C3CC3)nn2)C1)C1CC=CC1. The van der Waals surface area contributed by atoms with Crippen LogP contribution >= 0.6 is 0 Å². The first kappa shape index (κ1) is 15.9. The Morgan fingerprint density at radius 2 is 1.96 bits per heavy atom. The summed E-state index contributed by atoms with van der Waals surface area (Å²) in [5, 5.41) is 11.8. The van der Waals surface area contributed by atoms with Gasteiger partial charge in [-0.05, 0) is 56.8 Å². The molecule has 5 nitrogen and oxygen atoms in total. The van der Waals surface area contributed by atoms with Gasteiger partial charge in [-0.2, -0.15) is 0 Å². The molecule has 130 valence electrons. The summed E-state index contributed by atoms with van der Waals surface area (Å²) in [7, 11) is 0. The summed E-state index contributed by atoms with van der Waals surface area (Å²) in [4.78, 5) is 12.2. The van der Waals surface area contributed by atoms with E-state index in [1.54, 1.807) is 0 Å². The Hall–Kier alpha value is -1.65. The molecule has 5 heteroatoms. The van der Waals surface area contributed by atoms with Crippen molar-refractivity contribution in [3.05, 3.63) is 24.0 Å². The Morgan fingerprint density at radius 1 is 1.17 bits per heavy atom. The van der Waals surface area contributed by atoms with Crippen molar-refractivity contribution >= 4 is 5.91 Å². The molecule has 4 rings (SSSR count). The van der Waals surface area contributed by atoms with Gasteiger partial charge in [0.1, 0.15) is 0 Å². The topological polar surface area (TPSA) is 59.8 Å². The lowest BCUT2D eigenvalue weighted by Crippen LogP contribution is -2.35. The Balaban J connectivity index is 1.23. The maximum atomic E-state index is 12.2. The average molecular weight is 328 g/mol. The Morgan fingerprint density at radius 3 is 2.75 bits per heavy atom. The number of aromatic nitrogens is 3. The molecule has 0 spiro atoms. The van der Waals surface area contributed by atoms with E-state index in [4.69, 9.17) is 0 Å². The first-order valence-corrected chi connectivity index (χ1v) is 9.60. The Kier molecular flexibility index (Phi) is 4.67. The van der Waals surface area contributed by atoms with Crippen LogP contribution in [0.2, 0.25) is 0 Å². The molecule has 0 aliphatic heterocycles. The summed E-state index contributed by atoms with van der Waals surface area (Å²) in [5.74, 6) is 2.39. The van der Waals surface area contributed by atoms with Crippen LogP contribution in [0.4, 0.5) is 0 Å². The minimum Gasteiger partial charge on any atom is -0.356 e. The molecule has 3 aliphatic rings.